The summed E-state index contributed by atoms with van der Waals surface area (Å²) >= 11 is 0. The first-order chi connectivity index (χ1) is 15.5. The normalized spacial score (nSPS) is 11.7. The molecule has 0 saturated carbocycles. The van der Waals surface area contributed by atoms with E-state index in [9.17, 15) is 8.42 Å². The number of aliphatic hydroxyl groups is 1. The zero-order chi connectivity index (χ0) is 22.6. The van der Waals surface area contributed by atoms with Crippen LogP contribution in [-0.4, -0.2) is 43.6 Å². The second-order valence-electron chi connectivity index (χ2n) is 7.67. The number of hydrogen-bond donors (Lipinski definition) is 2. The average Bonchev–Trinajstić information content (AvgIpc) is 2.80. The first-order valence-electron chi connectivity index (χ1n) is 10.3. The fourth-order valence-electron chi connectivity index (χ4n) is 3.60. The quantitative estimate of drug-likeness (QED) is 0.424. The number of para-hydroxylation sites is 1. The number of nitrogens with zero attached hydrogens (tertiary/aromatic N) is 2. The van der Waals surface area contributed by atoms with Gasteiger partial charge in [-0.3, -0.25) is 14.6 Å². The molecule has 0 atom stereocenters. The lowest BCUT2D eigenvalue weighted by atomic mass is 10.0. The molecule has 0 saturated heterocycles. The zero-order valence-electron chi connectivity index (χ0n) is 17.8. The van der Waals surface area contributed by atoms with Crippen molar-refractivity contribution in [3.05, 3.63) is 90.6 Å². The van der Waals surface area contributed by atoms with Gasteiger partial charge in [0.15, 0.2) is 0 Å². The molecule has 7 heteroatoms. The molecule has 4 aromatic rings. The number of anilines is 1. The van der Waals surface area contributed by atoms with E-state index in [1.807, 2.05) is 43.4 Å². The maximum Gasteiger partial charge on any atom is 0.264 e. The first kappa shape index (κ1) is 22.0. The summed E-state index contributed by atoms with van der Waals surface area (Å²) < 4.78 is 28.6. The minimum absolute atomic E-state index is 0.141. The van der Waals surface area contributed by atoms with E-state index in [0.717, 1.165) is 28.6 Å². The molecular weight excluding hydrogens is 422 g/mol. The fourth-order valence-corrected chi connectivity index (χ4v) is 4.84. The maximum absolute atomic E-state index is 13.0. The predicted octanol–water partition coefficient (Wildman–Crippen LogP) is 4.13. The van der Waals surface area contributed by atoms with E-state index < -0.39 is 10.0 Å². The van der Waals surface area contributed by atoms with E-state index in [1.54, 1.807) is 36.5 Å². The van der Waals surface area contributed by atoms with Crippen molar-refractivity contribution < 1.29 is 13.5 Å². The maximum atomic E-state index is 13.0. The molecule has 164 valence electrons. The highest BCUT2D eigenvalue weighted by Gasteiger charge is 2.18. The molecule has 0 radical (unpaired) electrons. The molecule has 0 fully saturated rings. The lowest BCUT2D eigenvalue weighted by molar-refractivity contribution is 0.217. The van der Waals surface area contributed by atoms with Gasteiger partial charge in [0.2, 0.25) is 0 Å². The van der Waals surface area contributed by atoms with Crippen LogP contribution in [0.5, 0.6) is 0 Å². The van der Waals surface area contributed by atoms with Gasteiger partial charge in [0, 0.05) is 30.4 Å². The number of aliphatic hydroxyl groups excluding tert-OH is 1. The number of sulfonamides is 1. The Balaban J connectivity index is 1.50. The van der Waals surface area contributed by atoms with Gasteiger partial charge in [-0.2, -0.15) is 0 Å². The third kappa shape index (κ3) is 4.96. The number of fused-ring (bicyclic) bond motifs is 1. The second kappa shape index (κ2) is 9.48. The largest absolute Gasteiger partial charge is 0.395 e. The molecule has 0 aliphatic heterocycles. The molecule has 3 aromatic carbocycles. The minimum atomic E-state index is -3.77. The van der Waals surface area contributed by atoms with Crippen LogP contribution < -0.4 is 4.72 Å². The number of hydrogen-bond acceptors (Lipinski definition) is 5. The molecular formula is C25H25N3O3S. The average molecular weight is 448 g/mol. The molecule has 0 aliphatic rings. The van der Waals surface area contributed by atoms with Crippen molar-refractivity contribution in [3.63, 3.8) is 0 Å². The molecule has 0 unspecified atom stereocenters. The Hall–Kier alpha value is -3.26. The zero-order valence-corrected chi connectivity index (χ0v) is 18.6. The van der Waals surface area contributed by atoms with Gasteiger partial charge in [-0.1, -0.05) is 54.6 Å². The second-order valence-corrected chi connectivity index (χ2v) is 9.32. The summed E-state index contributed by atoms with van der Waals surface area (Å²) in [5, 5.41) is 9.80. The number of rotatable bonds is 8. The van der Waals surface area contributed by atoms with Gasteiger partial charge < -0.3 is 5.11 Å². The standard InChI is InChI=1S/C25H25N3O3S/c1-28(16-17-29)18-19-7-9-20(10-8-19)21-11-13-23(14-12-21)27-32(30,31)24-6-2-4-22-5-3-15-26-25(22)24/h2-15,27,29H,16-18H2,1H3. The molecule has 6 nitrogen and oxygen atoms in total. The van der Waals surface area contributed by atoms with Crippen LogP contribution in [0.1, 0.15) is 5.56 Å². The van der Waals surface area contributed by atoms with E-state index >= 15 is 0 Å². The Morgan fingerprint density at radius 2 is 1.56 bits per heavy atom. The highest BCUT2D eigenvalue weighted by atomic mass is 32.2. The fraction of sp³-hybridized carbons (Fsp3) is 0.160. The Bertz CT molecular complexity index is 1300. The Morgan fingerprint density at radius 1 is 0.906 bits per heavy atom. The molecule has 0 bridgehead atoms. The van der Waals surface area contributed by atoms with E-state index in [-0.39, 0.29) is 11.5 Å². The van der Waals surface area contributed by atoms with Gasteiger partial charge in [-0.15, -0.1) is 0 Å². The van der Waals surface area contributed by atoms with Crippen LogP contribution in [0.3, 0.4) is 0 Å². The monoisotopic (exact) mass is 447 g/mol. The third-order valence-electron chi connectivity index (χ3n) is 5.24. The highest BCUT2D eigenvalue weighted by molar-refractivity contribution is 7.93. The van der Waals surface area contributed by atoms with Gasteiger partial charge in [-0.25, -0.2) is 8.42 Å². The van der Waals surface area contributed by atoms with Crippen LogP contribution in [-0.2, 0) is 16.6 Å². The lowest BCUT2D eigenvalue weighted by Crippen LogP contribution is -2.21. The number of benzene rings is 3. The Morgan fingerprint density at radius 3 is 2.25 bits per heavy atom. The summed E-state index contributed by atoms with van der Waals surface area (Å²) in [6, 6.07) is 24.3. The Labute approximate surface area is 188 Å². The van der Waals surface area contributed by atoms with Crippen LogP contribution in [0.2, 0.25) is 0 Å². The van der Waals surface area contributed by atoms with Gasteiger partial charge in [0.05, 0.1) is 12.1 Å². The summed E-state index contributed by atoms with van der Waals surface area (Å²) in [6.45, 7) is 1.54. The van der Waals surface area contributed by atoms with Gasteiger partial charge in [0.1, 0.15) is 4.90 Å². The molecule has 4 rings (SSSR count). The van der Waals surface area contributed by atoms with Crippen LogP contribution in [0.4, 0.5) is 5.69 Å². The molecule has 32 heavy (non-hydrogen) atoms. The summed E-state index contributed by atoms with van der Waals surface area (Å²) in [5.74, 6) is 0. The summed E-state index contributed by atoms with van der Waals surface area (Å²) in [6.07, 6.45) is 1.59. The van der Waals surface area contributed by atoms with E-state index in [0.29, 0.717) is 17.7 Å². The summed E-state index contributed by atoms with van der Waals surface area (Å²) in [7, 11) is -1.80. The highest BCUT2D eigenvalue weighted by Crippen LogP contribution is 2.26. The van der Waals surface area contributed by atoms with Gasteiger partial charge in [0.25, 0.3) is 10.0 Å². The molecule has 0 amide bonds. The lowest BCUT2D eigenvalue weighted by Gasteiger charge is -2.15. The molecule has 1 aromatic heterocycles. The van der Waals surface area contributed by atoms with Crippen molar-refractivity contribution in [2.45, 2.75) is 11.4 Å². The van der Waals surface area contributed by atoms with Crippen LogP contribution in [0.15, 0.2) is 90.0 Å². The molecule has 0 spiro atoms. The predicted molar refractivity (Wildman–Crippen MR) is 128 cm³/mol. The number of pyridine rings is 1. The van der Waals surface area contributed by atoms with Crippen molar-refractivity contribution in [3.8, 4) is 11.1 Å². The summed E-state index contributed by atoms with van der Waals surface area (Å²) in [5.41, 5.74) is 4.15. The van der Waals surface area contributed by atoms with E-state index in [1.165, 1.54) is 0 Å². The van der Waals surface area contributed by atoms with E-state index in [2.05, 4.69) is 26.7 Å². The SMILES string of the molecule is CN(CCO)Cc1ccc(-c2ccc(NS(=O)(=O)c3cccc4cccnc34)cc2)cc1. The van der Waals surface area contributed by atoms with Crippen LogP contribution >= 0.6 is 0 Å². The minimum Gasteiger partial charge on any atom is -0.395 e. The van der Waals surface area contributed by atoms with Crippen molar-refractivity contribution in [2.75, 3.05) is 24.9 Å². The molecule has 1 heterocycles. The van der Waals surface area contributed by atoms with Crippen molar-refractivity contribution >= 4 is 26.6 Å². The van der Waals surface area contributed by atoms with Gasteiger partial charge >= 0.3 is 0 Å². The number of likely N-dealkylation sites (N-methyl/N-ethyl adjacent to an activating group) is 1. The van der Waals surface area contributed by atoms with Crippen molar-refractivity contribution in [1.82, 2.24) is 9.88 Å². The number of aromatic nitrogens is 1. The van der Waals surface area contributed by atoms with Crippen LogP contribution in [0, 0.1) is 0 Å². The van der Waals surface area contributed by atoms with Gasteiger partial charge in [-0.05, 0) is 48.0 Å². The molecule has 0 aliphatic carbocycles. The van der Waals surface area contributed by atoms with E-state index in [4.69, 9.17) is 5.11 Å². The summed E-state index contributed by atoms with van der Waals surface area (Å²) in [4.78, 5) is 6.45. The number of nitrogens with one attached hydrogen (secondary N) is 1. The van der Waals surface area contributed by atoms with Crippen molar-refractivity contribution in [2.24, 2.45) is 0 Å². The first-order valence-corrected chi connectivity index (χ1v) is 11.8. The Kier molecular flexibility index (Phi) is 6.50. The molecule has 2 N–H and O–H groups in total. The third-order valence-corrected chi connectivity index (χ3v) is 6.66. The smallest absolute Gasteiger partial charge is 0.264 e. The topological polar surface area (TPSA) is 82.5 Å². The van der Waals surface area contributed by atoms with Crippen LogP contribution in [0.25, 0.3) is 22.0 Å². The van der Waals surface area contributed by atoms with Crippen molar-refractivity contribution in [1.29, 1.82) is 0 Å².